The Balaban J connectivity index is -0.00000000133. The molecule has 0 radical (unpaired) electrons. The molecule has 0 aliphatic heterocycles. The van der Waals surface area contributed by atoms with E-state index >= 15 is 0 Å². The van der Waals surface area contributed by atoms with Gasteiger partial charge in [0.05, 0.1) is 0 Å². The summed E-state index contributed by atoms with van der Waals surface area (Å²) in [6, 6.07) is 0. The summed E-state index contributed by atoms with van der Waals surface area (Å²) in [5.41, 5.74) is 0. The maximum absolute atomic E-state index is 8.11. The minimum atomic E-state index is 0. The van der Waals surface area contributed by atoms with Gasteiger partial charge in [-0.1, -0.05) is 0 Å². The summed E-state index contributed by atoms with van der Waals surface area (Å²) >= 11 is 0. The average Bonchev–Trinajstić information content (AvgIpc) is 0.918. The summed E-state index contributed by atoms with van der Waals surface area (Å²) in [4.78, 5) is 8.11. The van der Waals surface area contributed by atoms with Gasteiger partial charge in [0.25, 0.3) is 0 Å². The number of rotatable bonds is 0. The SMILES string of the molecule is O=NO.[Ca+2].[Ca+2].[Cl-].[Cl-].[H-].[H-]. The van der Waals surface area contributed by atoms with Crippen LogP contribution >= 0.6 is 0 Å². The van der Waals surface area contributed by atoms with Gasteiger partial charge in [-0.05, 0) is 0 Å². The van der Waals surface area contributed by atoms with Gasteiger partial charge in [0.1, 0.15) is 0 Å². The van der Waals surface area contributed by atoms with Crippen molar-refractivity contribution in [1.29, 1.82) is 0 Å². The summed E-state index contributed by atoms with van der Waals surface area (Å²) in [5.74, 6) is 0. The van der Waals surface area contributed by atoms with Crippen LogP contribution in [0.25, 0.3) is 0 Å². The Morgan fingerprint density at radius 2 is 1.29 bits per heavy atom. The first-order valence-corrected chi connectivity index (χ1v) is 0.383. The molecule has 1 N–H and O–H groups in total. The molecule has 0 bridgehead atoms. The first-order valence-electron chi connectivity index (χ1n) is 0.383. The molecule has 0 saturated carbocycles. The zero-order valence-corrected chi connectivity index (χ0v) is 9.40. The van der Waals surface area contributed by atoms with Gasteiger partial charge >= 0.3 is 75.5 Å². The Bertz CT molecular complexity index is 28.0. The van der Waals surface area contributed by atoms with Crippen LogP contribution in [-0.4, -0.2) is 80.7 Å². The second kappa shape index (κ2) is 39.0. The molecule has 7 heavy (non-hydrogen) atoms. The summed E-state index contributed by atoms with van der Waals surface area (Å²) in [6.45, 7) is 0. The van der Waals surface area contributed by atoms with Crippen LogP contribution in [0.15, 0.2) is 5.34 Å². The Kier molecular flexibility index (Phi) is 189. The van der Waals surface area contributed by atoms with Crippen molar-refractivity contribution in [2.45, 2.75) is 0 Å². The van der Waals surface area contributed by atoms with Gasteiger partial charge in [-0.2, -0.15) is 0 Å². The van der Waals surface area contributed by atoms with Crippen molar-refractivity contribution in [3.05, 3.63) is 4.91 Å². The van der Waals surface area contributed by atoms with Crippen LogP contribution in [0.2, 0.25) is 0 Å². The molecule has 0 amide bonds. The Labute approximate surface area is 116 Å². The third-order valence-corrected chi connectivity index (χ3v) is 0. The summed E-state index contributed by atoms with van der Waals surface area (Å²) in [6.07, 6.45) is 0. The molecule has 0 aromatic heterocycles. The molecular formula is H3Ca2Cl2NO2. The zero-order valence-electron chi connectivity index (χ0n) is 5.47. The van der Waals surface area contributed by atoms with Crippen LogP contribution in [0.3, 0.4) is 0 Å². The second-order valence-corrected chi connectivity index (χ2v) is 0.0816. The van der Waals surface area contributed by atoms with Crippen LogP contribution in [0, 0.1) is 4.91 Å². The summed E-state index contributed by atoms with van der Waals surface area (Å²) in [7, 11) is 0. The van der Waals surface area contributed by atoms with E-state index in [1.54, 1.807) is 0 Å². The molecule has 38 valence electrons. The van der Waals surface area contributed by atoms with Crippen molar-refractivity contribution < 1.29 is 32.9 Å². The monoisotopic (exact) mass is 199 g/mol. The molecule has 3 nitrogen and oxygen atoms in total. The molecule has 0 rings (SSSR count). The largest absolute Gasteiger partial charge is 2.00 e. The maximum Gasteiger partial charge on any atom is 2.00 e. The average molecular weight is 200 g/mol. The van der Waals surface area contributed by atoms with Gasteiger partial charge in [-0.15, -0.1) is 4.91 Å². The van der Waals surface area contributed by atoms with E-state index in [4.69, 9.17) is 10.1 Å². The molecule has 7 heteroatoms. The van der Waals surface area contributed by atoms with E-state index in [1.165, 1.54) is 5.34 Å². The molecule has 0 spiro atoms. The van der Waals surface area contributed by atoms with Crippen molar-refractivity contribution in [1.82, 2.24) is 0 Å². The molecule has 0 aliphatic rings. The Morgan fingerprint density at radius 1 is 1.29 bits per heavy atom. The predicted octanol–water partition coefficient (Wildman–Crippen LogP) is -6.39. The van der Waals surface area contributed by atoms with E-state index in [0.29, 0.717) is 0 Å². The number of halogens is 2. The standard InChI is InChI=1S/2Ca.2ClH.HNO2.2H/c;;;;2-1-3;;/h;;2*1H;(H,2,3);;/q2*+2;;;;2*-1/p-2. The Morgan fingerprint density at radius 3 is 1.29 bits per heavy atom. The molecule has 0 aromatic rings. The first kappa shape index (κ1) is 33.9. The molecule has 0 heterocycles. The number of hydrogen-bond donors (Lipinski definition) is 1. The van der Waals surface area contributed by atoms with Gasteiger partial charge in [0.15, 0.2) is 5.34 Å². The Hall–Kier alpha value is 2.50. The van der Waals surface area contributed by atoms with Crippen molar-refractivity contribution in [2.75, 3.05) is 0 Å². The fourth-order valence-corrected chi connectivity index (χ4v) is 0. The molecule has 0 unspecified atom stereocenters. The zero-order chi connectivity index (χ0) is 2.71. The minimum absolute atomic E-state index is 0. The van der Waals surface area contributed by atoms with Crippen molar-refractivity contribution >= 4 is 75.5 Å². The normalized spacial score (nSPS) is 1.71. The van der Waals surface area contributed by atoms with E-state index in [2.05, 4.69) is 0 Å². The van der Waals surface area contributed by atoms with E-state index in [0.717, 1.165) is 0 Å². The topological polar surface area (TPSA) is 49.7 Å². The van der Waals surface area contributed by atoms with Gasteiger partial charge < -0.3 is 32.9 Å². The number of nitrogens with zero attached hydrogens (tertiary/aromatic N) is 1. The molecule has 0 fully saturated rings. The minimum Gasteiger partial charge on any atom is -1.00 e. The van der Waals surface area contributed by atoms with E-state index < -0.39 is 0 Å². The van der Waals surface area contributed by atoms with E-state index in [9.17, 15) is 0 Å². The van der Waals surface area contributed by atoms with E-state index in [-0.39, 0.29) is 103 Å². The molecule has 0 saturated heterocycles. The third-order valence-electron chi connectivity index (χ3n) is 0. The predicted molar refractivity (Wildman–Crippen MR) is 21.3 cm³/mol. The van der Waals surface area contributed by atoms with Gasteiger partial charge in [-0.25, -0.2) is 0 Å². The van der Waals surface area contributed by atoms with Gasteiger partial charge in [0, 0.05) is 0 Å². The molecule has 0 atom stereocenters. The molecule has 0 aromatic carbocycles. The van der Waals surface area contributed by atoms with Crippen LogP contribution in [0.5, 0.6) is 0 Å². The second-order valence-electron chi connectivity index (χ2n) is 0.0816. The van der Waals surface area contributed by atoms with Gasteiger partial charge in [0.2, 0.25) is 0 Å². The van der Waals surface area contributed by atoms with Crippen molar-refractivity contribution in [2.24, 2.45) is 5.34 Å². The summed E-state index contributed by atoms with van der Waals surface area (Å²) < 4.78 is 0. The molecule has 0 aliphatic carbocycles. The maximum atomic E-state index is 8.11. The quantitative estimate of drug-likeness (QED) is 0.240. The van der Waals surface area contributed by atoms with Crippen molar-refractivity contribution in [3.8, 4) is 0 Å². The third kappa shape index (κ3) is 57.5. The first-order chi connectivity index (χ1) is 1.41. The van der Waals surface area contributed by atoms with Gasteiger partial charge in [-0.3, -0.25) is 0 Å². The fourth-order valence-electron chi connectivity index (χ4n) is 0. The smallest absolute Gasteiger partial charge is 1.00 e. The van der Waals surface area contributed by atoms with Crippen LogP contribution in [0.1, 0.15) is 2.85 Å². The van der Waals surface area contributed by atoms with Crippen LogP contribution < -0.4 is 24.8 Å². The number of hydrogen-bond acceptors (Lipinski definition) is 2. The van der Waals surface area contributed by atoms with E-state index in [1.807, 2.05) is 0 Å². The van der Waals surface area contributed by atoms with Crippen LogP contribution in [0.4, 0.5) is 0 Å². The van der Waals surface area contributed by atoms with Crippen molar-refractivity contribution in [3.63, 3.8) is 0 Å². The fraction of sp³-hybridized carbons (Fsp3) is 0. The van der Waals surface area contributed by atoms with Crippen LogP contribution in [-0.2, 0) is 0 Å². The summed E-state index contributed by atoms with van der Waals surface area (Å²) in [5, 5.41) is 7.89. The molecular weight excluding hydrogens is 197 g/mol.